The Morgan fingerprint density at radius 2 is 1.92 bits per heavy atom. The minimum Gasteiger partial charge on any atom is -0.494 e. The summed E-state index contributed by atoms with van der Waals surface area (Å²) in [5.74, 6) is -0.458. The predicted octanol–water partition coefficient (Wildman–Crippen LogP) is 4.88. The number of anilines is 1. The summed E-state index contributed by atoms with van der Waals surface area (Å²) >= 11 is 7.34. The number of aryl methyl sites for hydroxylation is 2. The van der Waals surface area contributed by atoms with E-state index in [0.717, 1.165) is 4.88 Å². The quantitative estimate of drug-likeness (QED) is 0.335. The van der Waals surface area contributed by atoms with E-state index in [2.05, 4.69) is 25.4 Å². The Bertz CT molecular complexity index is 1550. The maximum Gasteiger partial charge on any atom is 0.333 e. The van der Waals surface area contributed by atoms with Crippen molar-refractivity contribution in [1.82, 2.24) is 29.6 Å². The Balaban J connectivity index is 1.34. The van der Waals surface area contributed by atoms with Gasteiger partial charge in [0, 0.05) is 28.7 Å². The molecule has 1 aliphatic heterocycles. The van der Waals surface area contributed by atoms with Gasteiger partial charge in [-0.2, -0.15) is 13.9 Å². The lowest BCUT2D eigenvalue weighted by Crippen LogP contribution is -2.26. The fourth-order valence-electron chi connectivity index (χ4n) is 4.11. The van der Waals surface area contributed by atoms with Crippen LogP contribution in [0.4, 0.5) is 13.9 Å². The van der Waals surface area contributed by atoms with Gasteiger partial charge in [-0.15, -0.1) is 0 Å². The number of nitrogens with one attached hydrogen (secondary N) is 1. The fraction of sp³-hybridized carbons (Fsp3) is 0.250. The van der Waals surface area contributed by atoms with E-state index in [9.17, 15) is 18.4 Å². The zero-order valence-electron chi connectivity index (χ0n) is 20.3. The minimum absolute atomic E-state index is 0.0578. The van der Waals surface area contributed by atoms with E-state index in [1.165, 1.54) is 48.7 Å². The first-order chi connectivity index (χ1) is 18.1. The van der Waals surface area contributed by atoms with Crippen molar-refractivity contribution in [3.8, 4) is 16.9 Å². The number of aromatic nitrogens is 5. The van der Waals surface area contributed by atoms with E-state index in [4.69, 9.17) is 16.3 Å². The molecule has 0 saturated heterocycles. The summed E-state index contributed by atoms with van der Waals surface area (Å²) in [4.78, 5) is 41.1. The molecule has 5 heterocycles. The van der Waals surface area contributed by atoms with Crippen LogP contribution < -0.4 is 10.1 Å². The van der Waals surface area contributed by atoms with Crippen LogP contribution in [0.2, 0.25) is 5.15 Å². The second kappa shape index (κ2) is 10.1. The number of nitrogens with zero attached hydrogens (tertiary/aromatic N) is 6. The molecule has 0 atom stereocenters. The number of amides is 2. The summed E-state index contributed by atoms with van der Waals surface area (Å²) < 4.78 is 32.0. The highest BCUT2D eigenvalue weighted by atomic mass is 35.5. The average molecular weight is 560 g/mol. The number of fused-ring (bicyclic) bond motifs is 1. The summed E-state index contributed by atoms with van der Waals surface area (Å²) in [6.07, 6.45) is 2.95. The van der Waals surface area contributed by atoms with Gasteiger partial charge in [0.1, 0.15) is 10.9 Å². The lowest BCUT2D eigenvalue weighted by molar-refractivity contribution is 0.0531. The molecule has 0 saturated carbocycles. The van der Waals surface area contributed by atoms with Gasteiger partial charge in [0.05, 0.1) is 42.5 Å². The van der Waals surface area contributed by atoms with E-state index in [1.807, 2.05) is 0 Å². The SMILES string of the molecule is COc1cnc(Cl)cc1-c1cc(C)ncc1C(=O)Nc1nc2c(s1)CN(C(=O)c1cc(C)n(C(F)F)n1)C2. The van der Waals surface area contributed by atoms with Crippen LogP contribution in [0.5, 0.6) is 5.75 Å². The van der Waals surface area contributed by atoms with E-state index in [0.29, 0.717) is 38.1 Å². The second-order valence-corrected chi connectivity index (χ2v) is 9.95. The third-order valence-electron chi connectivity index (χ3n) is 5.92. The number of methoxy groups -OCH3 is 1. The van der Waals surface area contributed by atoms with Gasteiger partial charge in [-0.3, -0.25) is 19.9 Å². The monoisotopic (exact) mass is 559 g/mol. The molecule has 0 aromatic carbocycles. The molecule has 0 unspecified atom stereocenters. The van der Waals surface area contributed by atoms with E-state index < -0.39 is 18.4 Å². The van der Waals surface area contributed by atoms with Crippen LogP contribution in [-0.4, -0.2) is 48.6 Å². The molecule has 0 bridgehead atoms. The van der Waals surface area contributed by atoms with Crippen molar-refractivity contribution in [2.45, 2.75) is 33.5 Å². The Hall–Kier alpha value is -3.97. The number of rotatable bonds is 6. The molecule has 14 heteroatoms. The number of ether oxygens (including phenoxy) is 1. The molecule has 4 aromatic heterocycles. The highest BCUT2D eigenvalue weighted by Gasteiger charge is 2.30. The molecule has 1 N–H and O–H groups in total. The van der Waals surface area contributed by atoms with Crippen molar-refractivity contribution in [1.29, 1.82) is 0 Å². The van der Waals surface area contributed by atoms with Gasteiger partial charge in [0.25, 0.3) is 11.8 Å². The van der Waals surface area contributed by atoms with Gasteiger partial charge >= 0.3 is 6.55 Å². The van der Waals surface area contributed by atoms with E-state index in [-0.39, 0.29) is 35.2 Å². The summed E-state index contributed by atoms with van der Waals surface area (Å²) in [5, 5.41) is 7.13. The Morgan fingerprint density at radius 1 is 1.13 bits per heavy atom. The van der Waals surface area contributed by atoms with Gasteiger partial charge < -0.3 is 9.64 Å². The molecule has 5 rings (SSSR count). The van der Waals surface area contributed by atoms with Crippen molar-refractivity contribution >= 4 is 39.9 Å². The molecule has 0 aliphatic carbocycles. The summed E-state index contributed by atoms with van der Waals surface area (Å²) in [6, 6.07) is 4.70. The van der Waals surface area contributed by atoms with Gasteiger partial charge in [-0.05, 0) is 32.0 Å². The second-order valence-electron chi connectivity index (χ2n) is 8.48. The van der Waals surface area contributed by atoms with Gasteiger partial charge in [0.15, 0.2) is 10.8 Å². The van der Waals surface area contributed by atoms with Crippen LogP contribution in [-0.2, 0) is 13.1 Å². The van der Waals surface area contributed by atoms with E-state index >= 15 is 0 Å². The molecule has 196 valence electrons. The number of hydrogen-bond acceptors (Lipinski definition) is 8. The molecule has 2 amide bonds. The molecule has 38 heavy (non-hydrogen) atoms. The predicted molar refractivity (Wildman–Crippen MR) is 136 cm³/mol. The van der Waals surface area contributed by atoms with Gasteiger partial charge in [-0.25, -0.2) is 14.6 Å². The third-order valence-corrected chi connectivity index (χ3v) is 7.12. The normalized spacial score (nSPS) is 12.7. The smallest absolute Gasteiger partial charge is 0.333 e. The first kappa shape index (κ1) is 25.7. The molecular weight excluding hydrogens is 540 g/mol. The summed E-state index contributed by atoms with van der Waals surface area (Å²) in [5.41, 5.74) is 2.88. The number of pyridine rings is 2. The molecule has 0 fully saturated rings. The van der Waals surface area contributed by atoms with Crippen LogP contribution in [0.3, 0.4) is 0 Å². The number of alkyl halides is 2. The fourth-order valence-corrected chi connectivity index (χ4v) is 5.25. The lowest BCUT2D eigenvalue weighted by Gasteiger charge is -2.14. The van der Waals surface area contributed by atoms with Crippen molar-refractivity contribution in [3.63, 3.8) is 0 Å². The molecule has 0 spiro atoms. The van der Waals surface area contributed by atoms with Gasteiger partial charge in [-0.1, -0.05) is 22.9 Å². The minimum atomic E-state index is -2.83. The number of halogens is 3. The Kier molecular flexibility index (Phi) is 6.80. The Morgan fingerprint density at radius 3 is 2.61 bits per heavy atom. The molecular formula is C24H20ClF2N7O3S. The number of carbonyl (C=O) groups is 2. The zero-order chi connectivity index (χ0) is 27.1. The first-order valence-corrected chi connectivity index (χ1v) is 12.4. The maximum atomic E-state index is 13.3. The topological polar surface area (TPSA) is 115 Å². The average Bonchev–Trinajstić information content (AvgIpc) is 3.56. The van der Waals surface area contributed by atoms with Crippen molar-refractivity contribution in [2.75, 3.05) is 12.4 Å². The number of thiazole rings is 1. The van der Waals surface area contributed by atoms with Crippen LogP contribution in [0.15, 0.2) is 30.6 Å². The van der Waals surface area contributed by atoms with Crippen molar-refractivity contribution < 1.29 is 23.1 Å². The number of hydrogen-bond donors (Lipinski definition) is 1. The molecule has 1 aliphatic rings. The van der Waals surface area contributed by atoms with Crippen molar-refractivity contribution in [3.05, 3.63) is 69.0 Å². The standard InChI is InChI=1S/C24H20ClF2N7O3S/c1-11-4-13(14-6-20(25)29-8-18(14)37-3)15(7-28-11)21(35)31-24-30-17-9-33(10-19(17)38-24)22(36)16-5-12(2)34(32-16)23(26)27/h4-8,23H,9-10H2,1-3H3,(H,30,31,35). The zero-order valence-corrected chi connectivity index (χ0v) is 21.9. The molecule has 0 radical (unpaired) electrons. The highest BCUT2D eigenvalue weighted by molar-refractivity contribution is 7.16. The Labute approximate surface area is 224 Å². The van der Waals surface area contributed by atoms with Crippen LogP contribution in [0.25, 0.3) is 11.1 Å². The molecule has 10 nitrogen and oxygen atoms in total. The summed E-state index contributed by atoms with van der Waals surface area (Å²) in [7, 11) is 1.50. The largest absolute Gasteiger partial charge is 0.494 e. The highest BCUT2D eigenvalue weighted by Crippen LogP contribution is 2.35. The van der Waals surface area contributed by atoms with Gasteiger partial charge in [0.2, 0.25) is 0 Å². The third kappa shape index (κ3) is 4.82. The van der Waals surface area contributed by atoms with Crippen LogP contribution >= 0.6 is 22.9 Å². The first-order valence-electron chi connectivity index (χ1n) is 11.2. The van der Waals surface area contributed by atoms with Crippen LogP contribution in [0.1, 0.15) is 49.4 Å². The molecule has 4 aromatic rings. The van der Waals surface area contributed by atoms with Crippen LogP contribution in [0, 0.1) is 13.8 Å². The number of carbonyl (C=O) groups excluding carboxylic acids is 2. The summed E-state index contributed by atoms with van der Waals surface area (Å²) in [6.45, 7) is 0.836. The van der Waals surface area contributed by atoms with E-state index in [1.54, 1.807) is 19.1 Å². The van der Waals surface area contributed by atoms with Crippen molar-refractivity contribution in [2.24, 2.45) is 0 Å². The lowest BCUT2D eigenvalue weighted by atomic mass is 10.0. The maximum absolute atomic E-state index is 13.3.